The molecule has 0 heterocycles. The van der Waals surface area contributed by atoms with Gasteiger partial charge in [-0.1, -0.05) is 26.0 Å². The van der Waals surface area contributed by atoms with Crippen molar-refractivity contribution in [3.8, 4) is 5.75 Å². The van der Waals surface area contributed by atoms with E-state index in [1.165, 1.54) is 11.1 Å². The van der Waals surface area contributed by atoms with Crippen LogP contribution in [-0.4, -0.2) is 18.7 Å². The van der Waals surface area contributed by atoms with E-state index in [1.54, 1.807) is 0 Å². The summed E-state index contributed by atoms with van der Waals surface area (Å²) in [4.78, 5) is 0. The summed E-state index contributed by atoms with van der Waals surface area (Å²) in [6.07, 6.45) is 2.15. The fourth-order valence-electron chi connectivity index (χ4n) is 1.85. The first-order valence-corrected chi connectivity index (χ1v) is 6.97. The number of hydrogen-bond acceptors (Lipinski definition) is 2. The molecule has 0 saturated heterocycles. The number of aryl methyl sites for hydroxylation is 2. The van der Waals surface area contributed by atoms with Gasteiger partial charge in [0.2, 0.25) is 0 Å². The van der Waals surface area contributed by atoms with Gasteiger partial charge in [-0.2, -0.15) is 0 Å². The van der Waals surface area contributed by atoms with Crippen LogP contribution in [0.2, 0.25) is 0 Å². The van der Waals surface area contributed by atoms with Crippen LogP contribution in [0, 0.1) is 13.8 Å². The molecule has 0 radical (unpaired) electrons. The SMILES string of the molecule is CCCNCC(C)(CC)Oc1cc(C)ccc1C. The topological polar surface area (TPSA) is 21.3 Å². The van der Waals surface area contributed by atoms with Crippen LogP contribution in [0.4, 0.5) is 0 Å². The third-order valence-electron chi connectivity index (χ3n) is 3.37. The normalized spacial score (nSPS) is 14.3. The average Bonchev–Trinajstić information content (AvgIpc) is 2.34. The Hall–Kier alpha value is -1.02. The van der Waals surface area contributed by atoms with E-state index in [-0.39, 0.29) is 5.60 Å². The van der Waals surface area contributed by atoms with E-state index in [1.807, 2.05) is 0 Å². The van der Waals surface area contributed by atoms with Crippen LogP contribution in [0.3, 0.4) is 0 Å². The molecule has 1 rings (SSSR count). The molecule has 0 saturated carbocycles. The summed E-state index contributed by atoms with van der Waals surface area (Å²) in [7, 11) is 0. The Kier molecular flexibility index (Phi) is 5.67. The summed E-state index contributed by atoms with van der Waals surface area (Å²) in [5.74, 6) is 1.01. The number of rotatable bonds is 7. The first kappa shape index (κ1) is 15.0. The van der Waals surface area contributed by atoms with E-state index in [2.05, 4.69) is 58.1 Å². The molecule has 102 valence electrons. The molecule has 2 nitrogen and oxygen atoms in total. The summed E-state index contributed by atoms with van der Waals surface area (Å²) in [6, 6.07) is 6.38. The van der Waals surface area contributed by atoms with Crippen molar-refractivity contribution in [2.24, 2.45) is 0 Å². The zero-order valence-corrected chi connectivity index (χ0v) is 12.5. The predicted molar refractivity (Wildman–Crippen MR) is 78.4 cm³/mol. The largest absolute Gasteiger partial charge is 0.486 e. The van der Waals surface area contributed by atoms with Gasteiger partial charge in [-0.15, -0.1) is 0 Å². The number of ether oxygens (including phenoxy) is 1. The number of nitrogens with one attached hydrogen (secondary N) is 1. The lowest BCUT2D eigenvalue weighted by Gasteiger charge is -2.31. The Bertz CT molecular complexity index is 375. The second kappa shape index (κ2) is 6.79. The third kappa shape index (κ3) is 4.34. The van der Waals surface area contributed by atoms with Crippen LogP contribution in [0.5, 0.6) is 5.75 Å². The molecule has 1 N–H and O–H groups in total. The van der Waals surface area contributed by atoms with Gasteiger partial charge < -0.3 is 10.1 Å². The zero-order valence-electron chi connectivity index (χ0n) is 12.5. The van der Waals surface area contributed by atoms with Gasteiger partial charge in [-0.25, -0.2) is 0 Å². The van der Waals surface area contributed by atoms with Crippen molar-refractivity contribution in [3.05, 3.63) is 29.3 Å². The highest BCUT2D eigenvalue weighted by atomic mass is 16.5. The van der Waals surface area contributed by atoms with Crippen LogP contribution in [-0.2, 0) is 0 Å². The molecule has 18 heavy (non-hydrogen) atoms. The third-order valence-corrected chi connectivity index (χ3v) is 3.37. The van der Waals surface area contributed by atoms with Crippen LogP contribution >= 0.6 is 0 Å². The summed E-state index contributed by atoms with van der Waals surface area (Å²) in [5.41, 5.74) is 2.32. The predicted octanol–water partition coefficient (Wildman–Crippen LogP) is 3.85. The van der Waals surface area contributed by atoms with Crippen LogP contribution in [0.25, 0.3) is 0 Å². The van der Waals surface area contributed by atoms with Gasteiger partial charge in [-0.05, 0) is 57.4 Å². The lowest BCUT2D eigenvalue weighted by atomic mass is 10.0. The quantitative estimate of drug-likeness (QED) is 0.741. The second-order valence-electron chi connectivity index (χ2n) is 5.35. The molecular formula is C16H27NO. The molecule has 0 bridgehead atoms. The molecule has 0 fully saturated rings. The van der Waals surface area contributed by atoms with E-state index in [0.717, 1.165) is 31.7 Å². The summed E-state index contributed by atoms with van der Waals surface area (Å²) in [5, 5.41) is 3.46. The minimum atomic E-state index is -0.131. The Morgan fingerprint density at radius 1 is 1.22 bits per heavy atom. The molecule has 1 atom stereocenters. The highest BCUT2D eigenvalue weighted by Crippen LogP contribution is 2.25. The highest BCUT2D eigenvalue weighted by molar-refractivity contribution is 5.36. The monoisotopic (exact) mass is 249 g/mol. The highest BCUT2D eigenvalue weighted by Gasteiger charge is 2.24. The maximum absolute atomic E-state index is 6.25. The van der Waals surface area contributed by atoms with E-state index >= 15 is 0 Å². The second-order valence-corrected chi connectivity index (χ2v) is 5.35. The fraction of sp³-hybridized carbons (Fsp3) is 0.625. The molecule has 1 unspecified atom stereocenters. The van der Waals surface area contributed by atoms with Gasteiger partial charge in [0.15, 0.2) is 0 Å². The van der Waals surface area contributed by atoms with Crippen LogP contribution < -0.4 is 10.1 Å². The van der Waals surface area contributed by atoms with Gasteiger partial charge in [0.25, 0.3) is 0 Å². The van der Waals surface area contributed by atoms with Gasteiger partial charge >= 0.3 is 0 Å². The van der Waals surface area contributed by atoms with Crippen molar-refractivity contribution >= 4 is 0 Å². The Morgan fingerprint density at radius 3 is 2.56 bits per heavy atom. The Labute approximate surface area is 112 Å². The van der Waals surface area contributed by atoms with Gasteiger partial charge in [0.05, 0.1) is 0 Å². The summed E-state index contributed by atoms with van der Waals surface area (Å²) >= 11 is 0. The van der Waals surface area contributed by atoms with Crippen molar-refractivity contribution in [2.45, 2.75) is 53.1 Å². The van der Waals surface area contributed by atoms with Gasteiger partial charge in [0.1, 0.15) is 11.4 Å². The molecule has 0 spiro atoms. The number of hydrogen-bond donors (Lipinski definition) is 1. The van der Waals surface area contributed by atoms with Crippen molar-refractivity contribution in [2.75, 3.05) is 13.1 Å². The van der Waals surface area contributed by atoms with Crippen LogP contribution in [0.15, 0.2) is 18.2 Å². The Morgan fingerprint density at radius 2 is 1.94 bits per heavy atom. The van der Waals surface area contributed by atoms with Crippen molar-refractivity contribution in [3.63, 3.8) is 0 Å². The van der Waals surface area contributed by atoms with E-state index < -0.39 is 0 Å². The van der Waals surface area contributed by atoms with Crippen molar-refractivity contribution < 1.29 is 4.74 Å². The van der Waals surface area contributed by atoms with Crippen LogP contribution in [0.1, 0.15) is 44.7 Å². The fourth-order valence-corrected chi connectivity index (χ4v) is 1.85. The lowest BCUT2D eigenvalue weighted by molar-refractivity contribution is 0.0829. The molecule has 2 heteroatoms. The average molecular weight is 249 g/mol. The molecule has 0 aliphatic rings. The van der Waals surface area contributed by atoms with Gasteiger partial charge in [0, 0.05) is 6.54 Å². The van der Waals surface area contributed by atoms with Crippen molar-refractivity contribution in [1.82, 2.24) is 5.32 Å². The zero-order chi connectivity index (χ0) is 13.6. The van der Waals surface area contributed by atoms with Gasteiger partial charge in [-0.3, -0.25) is 0 Å². The standard InChI is InChI=1S/C16H27NO/c1-6-10-17-12-16(5,7-2)18-15-11-13(3)8-9-14(15)4/h8-9,11,17H,6-7,10,12H2,1-5H3. The summed E-state index contributed by atoms with van der Waals surface area (Å²) in [6.45, 7) is 12.7. The van der Waals surface area contributed by atoms with E-state index in [4.69, 9.17) is 4.74 Å². The minimum absolute atomic E-state index is 0.131. The molecule has 0 aromatic heterocycles. The first-order chi connectivity index (χ1) is 8.50. The Balaban J connectivity index is 2.74. The maximum Gasteiger partial charge on any atom is 0.123 e. The minimum Gasteiger partial charge on any atom is -0.486 e. The van der Waals surface area contributed by atoms with E-state index in [0.29, 0.717) is 0 Å². The molecule has 1 aromatic carbocycles. The first-order valence-electron chi connectivity index (χ1n) is 6.97. The number of benzene rings is 1. The smallest absolute Gasteiger partial charge is 0.123 e. The lowest BCUT2D eigenvalue weighted by Crippen LogP contribution is -2.43. The van der Waals surface area contributed by atoms with E-state index in [9.17, 15) is 0 Å². The molecule has 0 amide bonds. The summed E-state index contributed by atoms with van der Waals surface area (Å²) < 4.78 is 6.25. The molecule has 0 aliphatic heterocycles. The molecular weight excluding hydrogens is 222 g/mol. The molecule has 1 aromatic rings. The molecule has 0 aliphatic carbocycles. The maximum atomic E-state index is 6.25. The van der Waals surface area contributed by atoms with Crippen molar-refractivity contribution in [1.29, 1.82) is 0 Å².